The molecule has 6 nitrogen and oxygen atoms in total. The fourth-order valence-corrected chi connectivity index (χ4v) is 4.22. The van der Waals surface area contributed by atoms with Crippen molar-refractivity contribution in [2.24, 2.45) is 4.99 Å². The highest BCUT2D eigenvalue weighted by atomic mass is 19.1. The smallest absolute Gasteiger partial charge is 0.305 e. The lowest BCUT2D eigenvalue weighted by molar-refractivity contribution is -0.140. The van der Waals surface area contributed by atoms with Gasteiger partial charge in [-0.25, -0.2) is 4.39 Å². The van der Waals surface area contributed by atoms with Gasteiger partial charge in [0.15, 0.2) is 0 Å². The molecule has 0 aliphatic carbocycles. The van der Waals surface area contributed by atoms with Gasteiger partial charge < -0.3 is 15.0 Å². The van der Waals surface area contributed by atoms with Gasteiger partial charge in [-0.05, 0) is 67.0 Å². The van der Waals surface area contributed by atoms with E-state index in [0.29, 0.717) is 29.8 Å². The molecule has 35 heavy (non-hydrogen) atoms. The molecule has 3 aromatic rings. The molecule has 0 bridgehead atoms. The third-order valence-electron chi connectivity index (χ3n) is 5.87. The highest BCUT2D eigenvalue weighted by molar-refractivity contribution is 6.24. The van der Waals surface area contributed by atoms with E-state index in [1.807, 2.05) is 62.6 Å². The van der Waals surface area contributed by atoms with Crippen LogP contribution in [-0.4, -0.2) is 43.7 Å². The third kappa shape index (κ3) is 5.81. The number of ether oxygens (including phenoxy) is 1. The van der Waals surface area contributed by atoms with E-state index in [1.165, 1.54) is 19.2 Å². The Morgan fingerprint density at radius 1 is 1.06 bits per heavy atom. The van der Waals surface area contributed by atoms with E-state index in [1.54, 1.807) is 6.07 Å². The minimum atomic E-state index is -0.677. The second kappa shape index (κ2) is 10.6. The van der Waals surface area contributed by atoms with Gasteiger partial charge in [0.05, 0.1) is 18.5 Å². The summed E-state index contributed by atoms with van der Waals surface area (Å²) in [7, 11) is 5.38. The van der Waals surface area contributed by atoms with Gasteiger partial charge in [-0.2, -0.15) is 0 Å². The number of rotatable bonds is 8. The quantitative estimate of drug-likeness (QED) is 0.375. The molecule has 0 aromatic heterocycles. The molecule has 180 valence electrons. The topological polar surface area (TPSA) is 71.0 Å². The molecule has 1 amide bonds. The number of aliphatic imine (C=N–C) groups is 1. The number of hydrogen-bond donors (Lipinski definition) is 1. The molecule has 1 atom stereocenters. The lowest BCUT2D eigenvalue weighted by atomic mass is 9.90. The number of nitrogens with zero attached hydrogens (tertiary/aromatic N) is 2. The Morgan fingerprint density at radius 3 is 2.54 bits per heavy atom. The maximum absolute atomic E-state index is 13.8. The number of amides is 1. The van der Waals surface area contributed by atoms with Crippen molar-refractivity contribution in [3.05, 3.63) is 94.8 Å². The Bertz CT molecular complexity index is 1270. The molecule has 0 saturated heterocycles. The van der Waals surface area contributed by atoms with Crippen LogP contribution in [0.3, 0.4) is 0 Å². The molecule has 0 radical (unpaired) electrons. The Labute approximate surface area is 204 Å². The van der Waals surface area contributed by atoms with Crippen LogP contribution in [-0.2, 0) is 27.3 Å². The first-order valence-electron chi connectivity index (χ1n) is 11.4. The van der Waals surface area contributed by atoms with Crippen LogP contribution in [0.1, 0.15) is 34.6 Å². The predicted molar refractivity (Wildman–Crippen MR) is 135 cm³/mol. The Hall–Kier alpha value is -3.84. The number of esters is 1. The summed E-state index contributed by atoms with van der Waals surface area (Å²) in [4.78, 5) is 31.6. The van der Waals surface area contributed by atoms with Crippen LogP contribution in [0, 0.1) is 5.82 Å². The zero-order valence-electron chi connectivity index (χ0n) is 20.0. The van der Waals surface area contributed by atoms with Crippen LogP contribution in [0.2, 0.25) is 0 Å². The number of benzene rings is 3. The average Bonchev–Trinajstić information content (AvgIpc) is 3.15. The van der Waals surface area contributed by atoms with Crippen molar-refractivity contribution in [3.63, 3.8) is 0 Å². The summed E-state index contributed by atoms with van der Waals surface area (Å²) < 4.78 is 18.5. The van der Waals surface area contributed by atoms with Gasteiger partial charge in [0.2, 0.25) is 5.91 Å². The number of anilines is 1. The van der Waals surface area contributed by atoms with Gasteiger partial charge in [-0.3, -0.25) is 14.6 Å². The highest BCUT2D eigenvalue weighted by Gasteiger charge is 2.35. The minimum absolute atomic E-state index is 0.247. The molecule has 1 aliphatic heterocycles. The van der Waals surface area contributed by atoms with Gasteiger partial charge in [0, 0.05) is 18.7 Å². The zero-order valence-corrected chi connectivity index (χ0v) is 20.0. The normalized spacial score (nSPS) is 15.2. The van der Waals surface area contributed by atoms with E-state index in [-0.39, 0.29) is 11.9 Å². The summed E-state index contributed by atoms with van der Waals surface area (Å²) in [5.41, 5.74) is 5.32. The van der Waals surface area contributed by atoms with Gasteiger partial charge in [-0.15, -0.1) is 0 Å². The third-order valence-corrected chi connectivity index (χ3v) is 5.87. The van der Waals surface area contributed by atoms with E-state index < -0.39 is 11.7 Å². The van der Waals surface area contributed by atoms with Crippen molar-refractivity contribution in [1.82, 2.24) is 4.90 Å². The summed E-state index contributed by atoms with van der Waals surface area (Å²) >= 11 is 0. The first-order chi connectivity index (χ1) is 16.8. The number of carbonyl (C=O) groups is 2. The maximum Gasteiger partial charge on any atom is 0.305 e. The summed E-state index contributed by atoms with van der Waals surface area (Å²) in [6.07, 6.45) is 0.845. The van der Waals surface area contributed by atoms with Gasteiger partial charge in [0.25, 0.3) is 0 Å². The molecule has 7 heteroatoms. The first-order valence-corrected chi connectivity index (χ1v) is 11.4. The standard InChI is InChI=1S/C28H28FN3O3/c1-32(2)17-19-5-4-6-22(15-19)30-27(20-10-7-18(8-11-20)9-14-25(33)35-3)26-23-13-12-21(29)16-24(23)31-28(26)34/h4-8,10-13,15-16,26H,9,14,17H2,1-3H3,(H,31,34). The van der Waals surface area contributed by atoms with Crippen molar-refractivity contribution >= 4 is 29.0 Å². The van der Waals surface area contributed by atoms with Gasteiger partial charge in [-0.1, -0.05) is 42.5 Å². The summed E-state index contributed by atoms with van der Waals surface area (Å²) in [6.45, 7) is 0.764. The number of fused-ring (bicyclic) bond motifs is 1. The zero-order chi connectivity index (χ0) is 24.9. The predicted octanol–water partition coefficient (Wildman–Crippen LogP) is 4.85. The second-order valence-electron chi connectivity index (χ2n) is 8.83. The van der Waals surface area contributed by atoms with Crippen LogP contribution >= 0.6 is 0 Å². The fraction of sp³-hybridized carbons (Fsp3) is 0.250. The van der Waals surface area contributed by atoms with E-state index in [4.69, 9.17) is 9.73 Å². The molecule has 1 heterocycles. The van der Waals surface area contributed by atoms with Crippen LogP contribution in [0.4, 0.5) is 15.8 Å². The molecular formula is C28H28FN3O3. The second-order valence-corrected chi connectivity index (χ2v) is 8.83. The molecule has 4 rings (SSSR count). The number of methoxy groups -OCH3 is 1. The maximum atomic E-state index is 13.8. The molecule has 0 spiro atoms. The summed E-state index contributed by atoms with van der Waals surface area (Å²) in [6, 6.07) is 19.9. The number of carbonyl (C=O) groups excluding carboxylic acids is 2. The fourth-order valence-electron chi connectivity index (χ4n) is 4.22. The van der Waals surface area contributed by atoms with Crippen molar-refractivity contribution in [1.29, 1.82) is 0 Å². The molecular weight excluding hydrogens is 445 g/mol. The highest BCUT2D eigenvalue weighted by Crippen LogP contribution is 2.37. The van der Waals surface area contributed by atoms with Crippen LogP contribution < -0.4 is 5.32 Å². The van der Waals surface area contributed by atoms with Crippen molar-refractivity contribution in [2.45, 2.75) is 25.3 Å². The largest absolute Gasteiger partial charge is 0.469 e. The van der Waals surface area contributed by atoms with Crippen LogP contribution in [0.5, 0.6) is 0 Å². The SMILES string of the molecule is COC(=O)CCc1ccc(C(=Nc2cccc(CN(C)C)c2)C2C(=O)Nc3cc(F)ccc32)cc1. The van der Waals surface area contributed by atoms with E-state index in [9.17, 15) is 14.0 Å². The lowest BCUT2D eigenvalue weighted by Gasteiger charge is -2.15. The molecule has 0 fully saturated rings. The van der Waals surface area contributed by atoms with Crippen molar-refractivity contribution in [2.75, 3.05) is 26.5 Å². The molecule has 1 aliphatic rings. The Kier molecular flexibility index (Phi) is 7.36. The number of halogens is 1. The van der Waals surface area contributed by atoms with Gasteiger partial charge >= 0.3 is 5.97 Å². The Balaban J connectivity index is 1.75. The minimum Gasteiger partial charge on any atom is -0.469 e. The summed E-state index contributed by atoms with van der Waals surface area (Å²) in [5, 5.41) is 2.79. The lowest BCUT2D eigenvalue weighted by Crippen LogP contribution is -2.22. The molecule has 1 N–H and O–H groups in total. The summed E-state index contributed by atoms with van der Waals surface area (Å²) in [5.74, 6) is -1.59. The van der Waals surface area contributed by atoms with Crippen molar-refractivity contribution < 1.29 is 18.7 Å². The monoisotopic (exact) mass is 473 g/mol. The molecule has 0 saturated carbocycles. The van der Waals surface area contributed by atoms with Crippen LogP contribution in [0.15, 0.2) is 71.7 Å². The molecule has 3 aromatic carbocycles. The number of hydrogen-bond acceptors (Lipinski definition) is 5. The molecule has 1 unspecified atom stereocenters. The van der Waals surface area contributed by atoms with Crippen molar-refractivity contribution in [3.8, 4) is 0 Å². The van der Waals surface area contributed by atoms with Crippen LogP contribution in [0.25, 0.3) is 0 Å². The van der Waals surface area contributed by atoms with Gasteiger partial charge in [0.1, 0.15) is 11.7 Å². The van der Waals surface area contributed by atoms with E-state index in [2.05, 4.69) is 10.2 Å². The number of nitrogens with one attached hydrogen (secondary N) is 1. The van der Waals surface area contributed by atoms with E-state index in [0.717, 1.165) is 28.9 Å². The van der Waals surface area contributed by atoms with E-state index >= 15 is 0 Å². The Morgan fingerprint density at radius 2 is 1.83 bits per heavy atom. The number of aryl methyl sites for hydroxylation is 1. The average molecular weight is 474 g/mol. The first kappa shape index (κ1) is 24.3.